The van der Waals surface area contributed by atoms with Gasteiger partial charge in [0.2, 0.25) is 11.7 Å². The average molecular weight is 368 g/mol. The Morgan fingerprint density at radius 3 is 2.70 bits per heavy atom. The molecule has 2 amide bonds. The molecule has 0 spiro atoms. The van der Waals surface area contributed by atoms with Crippen LogP contribution in [-0.4, -0.2) is 52.8 Å². The van der Waals surface area contributed by atoms with Crippen LogP contribution in [0.1, 0.15) is 23.5 Å². The minimum absolute atomic E-state index is 0.138. The summed E-state index contributed by atoms with van der Waals surface area (Å²) in [7, 11) is 0. The first kappa shape index (κ1) is 17.3. The largest absolute Gasteiger partial charge is 0.449 e. The number of nitrogens with zero attached hydrogens (tertiary/aromatic N) is 3. The number of carbonyl (C=O) groups excluding carboxylic acids is 2. The Morgan fingerprint density at radius 1 is 1.19 bits per heavy atom. The fourth-order valence-corrected chi connectivity index (χ4v) is 3.09. The summed E-state index contributed by atoms with van der Waals surface area (Å²) in [6, 6.07) is 8.49. The molecule has 4 rings (SSSR count). The Balaban J connectivity index is 1.68. The molecule has 3 heterocycles. The molecule has 1 atom stereocenters. The second-order valence-electron chi connectivity index (χ2n) is 6.36. The van der Waals surface area contributed by atoms with Gasteiger partial charge in [0.1, 0.15) is 17.3 Å². The van der Waals surface area contributed by atoms with Crippen LogP contribution >= 0.6 is 0 Å². The van der Waals surface area contributed by atoms with E-state index in [0.717, 1.165) is 0 Å². The third-order valence-electron chi connectivity index (χ3n) is 4.64. The molecule has 8 heteroatoms. The van der Waals surface area contributed by atoms with E-state index in [1.807, 2.05) is 18.2 Å². The molecule has 0 radical (unpaired) electrons. The molecule has 2 aromatic heterocycles. The fraction of sp³-hybridized carbons (Fsp3) is 0.316. The van der Waals surface area contributed by atoms with E-state index < -0.39 is 6.04 Å². The third-order valence-corrected chi connectivity index (χ3v) is 4.64. The average Bonchev–Trinajstić information content (AvgIpc) is 3.36. The minimum atomic E-state index is -0.528. The smallest absolute Gasteiger partial charge is 0.291 e. The lowest BCUT2D eigenvalue weighted by molar-refractivity contribution is -0.119. The first-order valence-electron chi connectivity index (χ1n) is 8.83. The lowest BCUT2D eigenvalue weighted by Crippen LogP contribution is -2.40. The second-order valence-corrected chi connectivity index (χ2v) is 6.36. The molecule has 3 aromatic rings. The Morgan fingerprint density at radius 2 is 1.96 bits per heavy atom. The van der Waals surface area contributed by atoms with E-state index in [1.54, 1.807) is 41.0 Å². The number of hydrogen-bond donors (Lipinski definition) is 1. The van der Waals surface area contributed by atoms with Crippen LogP contribution in [0, 0.1) is 0 Å². The van der Waals surface area contributed by atoms with Gasteiger partial charge in [-0.3, -0.25) is 14.3 Å². The van der Waals surface area contributed by atoms with Gasteiger partial charge in [-0.25, -0.2) is 0 Å². The maximum atomic E-state index is 13.0. The summed E-state index contributed by atoms with van der Waals surface area (Å²) >= 11 is 0. The maximum absolute atomic E-state index is 13.0. The highest BCUT2D eigenvalue weighted by atomic mass is 16.5. The zero-order valence-electron chi connectivity index (χ0n) is 14.9. The van der Waals surface area contributed by atoms with Crippen LogP contribution < -0.4 is 5.32 Å². The number of ether oxygens (including phenoxy) is 1. The molecule has 0 bridgehead atoms. The topological polar surface area (TPSA) is 89.6 Å². The van der Waals surface area contributed by atoms with Crippen molar-refractivity contribution in [1.29, 1.82) is 0 Å². The second kappa shape index (κ2) is 7.24. The van der Waals surface area contributed by atoms with Crippen molar-refractivity contribution in [3.63, 3.8) is 0 Å². The number of morpholine rings is 1. The van der Waals surface area contributed by atoms with Gasteiger partial charge in [0, 0.05) is 30.9 Å². The van der Waals surface area contributed by atoms with E-state index in [9.17, 15) is 9.59 Å². The van der Waals surface area contributed by atoms with Gasteiger partial charge in [-0.05, 0) is 25.1 Å². The first-order valence-corrected chi connectivity index (χ1v) is 8.83. The van der Waals surface area contributed by atoms with Crippen molar-refractivity contribution in [2.75, 3.05) is 31.6 Å². The van der Waals surface area contributed by atoms with Crippen molar-refractivity contribution < 1.29 is 18.7 Å². The predicted molar refractivity (Wildman–Crippen MR) is 98.5 cm³/mol. The van der Waals surface area contributed by atoms with E-state index in [1.165, 1.54) is 0 Å². The van der Waals surface area contributed by atoms with Crippen molar-refractivity contribution >= 4 is 28.5 Å². The number of amides is 2. The number of furan rings is 1. The molecule has 8 nitrogen and oxygen atoms in total. The SMILES string of the molecule is CC(C(=O)Nc1c(C(=O)N2CCOCC2)oc2ccccc12)n1cccn1. The summed E-state index contributed by atoms with van der Waals surface area (Å²) in [6.07, 6.45) is 3.34. The van der Waals surface area contributed by atoms with Gasteiger partial charge in [-0.15, -0.1) is 0 Å². The predicted octanol–water partition coefficient (Wildman–Crippen LogP) is 2.30. The summed E-state index contributed by atoms with van der Waals surface area (Å²) < 4.78 is 12.7. The number of nitrogens with one attached hydrogen (secondary N) is 1. The molecule has 1 aromatic carbocycles. The Labute approximate surface area is 155 Å². The highest BCUT2D eigenvalue weighted by Crippen LogP contribution is 2.32. The molecule has 1 N–H and O–H groups in total. The summed E-state index contributed by atoms with van der Waals surface area (Å²) in [5.41, 5.74) is 0.947. The molecule has 1 aliphatic heterocycles. The normalized spacial score (nSPS) is 15.7. The Bertz CT molecular complexity index is 957. The van der Waals surface area contributed by atoms with Gasteiger partial charge in [0.05, 0.1) is 13.2 Å². The Kier molecular flexibility index (Phi) is 4.64. The molecular formula is C19H20N4O4. The van der Waals surface area contributed by atoms with Crippen molar-refractivity contribution in [3.05, 3.63) is 48.5 Å². The molecule has 1 unspecified atom stereocenters. The summed E-state index contributed by atoms with van der Waals surface area (Å²) in [6.45, 7) is 3.71. The van der Waals surface area contributed by atoms with Crippen molar-refractivity contribution in [3.8, 4) is 0 Å². The first-order chi connectivity index (χ1) is 13.1. The van der Waals surface area contributed by atoms with E-state index in [2.05, 4.69) is 10.4 Å². The van der Waals surface area contributed by atoms with Crippen LogP contribution in [0.4, 0.5) is 5.69 Å². The number of rotatable bonds is 4. The number of para-hydroxylation sites is 1. The minimum Gasteiger partial charge on any atom is -0.449 e. The lowest BCUT2D eigenvalue weighted by Gasteiger charge is -2.26. The number of fused-ring (bicyclic) bond motifs is 1. The molecular weight excluding hydrogens is 348 g/mol. The van der Waals surface area contributed by atoms with Crippen molar-refractivity contribution in [1.82, 2.24) is 14.7 Å². The quantitative estimate of drug-likeness (QED) is 0.763. The van der Waals surface area contributed by atoms with Crippen LogP contribution in [0.25, 0.3) is 11.0 Å². The van der Waals surface area contributed by atoms with Gasteiger partial charge >= 0.3 is 0 Å². The van der Waals surface area contributed by atoms with Gasteiger partial charge in [0.25, 0.3) is 5.91 Å². The molecule has 140 valence electrons. The van der Waals surface area contributed by atoms with Crippen molar-refractivity contribution in [2.24, 2.45) is 0 Å². The zero-order valence-corrected chi connectivity index (χ0v) is 14.9. The molecule has 0 aliphatic carbocycles. The fourth-order valence-electron chi connectivity index (χ4n) is 3.09. The van der Waals surface area contributed by atoms with E-state index in [-0.39, 0.29) is 17.6 Å². The highest BCUT2D eigenvalue weighted by molar-refractivity contribution is 6.11. The monoisotopic (exact) mass is 368 g/mol. The molecule has 1 fully saturated rings. The van der Waals surface area contributed by atoms with Gasteiger partial charge in [0.15, 0.2) is 0 Å². The maximum Gasteiger partial charge on any atom is 0.291 e. The number of benzene rings is 1. The molecule has 1 aliphatic rings. The van der Waals surface area contributed by atoms with E-state index in [0.29, 0.717) is 43.0 Å². The number of hydrogen-bond acceptors (Lipinski definition) is 5. The summed E-state index contributed by atoms with van der Waals surface area (Å²) in [4.78, 5) is 27.4. The zero-order chi connectivity index (χ0) is 18.8. The summed E-state index contributed by atoms with van der Waals surface area (Å²) in [5, 5.41) is 7.66. The van der Waals surface area contributed by atoms with Crippen LogP contribution in [0.5, 0.6) is 0 Å². The van der Waals surface area contributed by atoms with Crippen LogP contribution in [0.3, 0.4) is 0 Å². The summed E-state index contributed by atoms with van der Waals surface area (Å²) in [5.74, 6) is -0.392. The van der Waals surface area contributed by atoms with Gasteiger partial charge < -0.3 is 19.4 Å². The van der Waals surface area contributed by atoms with Crippen LogP contribution in [-0.2, 0) is 9.53 Å². The van der Waals surface area contributed by atoms with E-state index >= 15 is 0 Å². The highest BCUT2D eigenvalue weighted by Gasteiger charge is 2.28. The van der Waals surface area contributed by atoms with Crippen molar-refractivity contribution in [2.45, 2.75) is 13.0 Å². The van der Waals surface area contributed by atoms with Crippen LogP contribution in [0.2, 0.25) is 0 Å². The standard InChI is InChI=1S/C19H20N4O4/c1-13(23-8-4-7-20-23)18(24)21-16-14-5-2-3-6-15(14)27-17(16)19(25)22-9-11-26-12-10-22/h2-8,13H,9-12H2,1H3,(H,21,24). The van der Waals surface area contributed by atoms with E-state index in [4.69, 9.17) is 9.15 Å². The lowest BCUT2D eigenvalue weighted by atomic mass is 10.2. The third kappa shape index (κ3) is 3.31. The molecule has 27 heavy (non-hydrogen) atoms. The van der Waals surface area contributed by atoms with Crippen LogP contribution in [0.15, 0.2) is 47.1 Å². The van der Waals surface area contributed by atoms with Gasteiger partial charge in [-0.1, -0.05) is 12.1 Å². The molecule has 1 saturated heterocycles. The number of anilines is 1. The number of aromatic nitrogens is 2. The van der Waals surface area contributed by atoms with Gasteiger partial charge in [-0.2, -0.15) is 5.10 Å². The Hall–Kier alpha value is -3.13. The number of carbonyl (C=O) groups is 2. The molecule has 0 saturated carbocycles.